The Morgan fingerprint density at radius 1 is 1.62 bits per heavy atom. The molecule has 8 heavy (non-hydrogen) atoms. The number of hydrazine groups is 1. The van der Waals surface area contributed by atoms with E-state index in [2.05, 4.69) is 24.7 Å². The van der Waals surface area contributed by atoms with E-state index in [0.717, 1.165) is 6.42 Å². The van der Waals surface area contributed by atoms with E-state index < -0.39 is 0 Å². The molecule has 0 aliphatic rings. The van der Waals surface area contributed by atoms with Gasteiger partial charge in [-0.3, -0.25) is 0 Å². The maximum Gasteiger partial charge on any atom is 0.0114 e. The van der Waals surface area contributed by atoms with E-state index in [9.17, 15) is 0 Å². The van der Waals surface area contributed by atoms with Crippen molar-refractivity contribution in [2.75, 3.05) is 7.05 Å². The Kier molecular flexibility index (Phi) is 4.36. The summed E-state index contributed by atoms with van der Waals surface area (Å²) < 4.78 is 0. The molecule has 0 atom stereocenters. The van der Waals surface area contributed by atoms with E-state index in [1.54, 1.807) is 0 Å². The molecule has 0 fully saturated rings. The molecule has 2 N–H and O–H groups in total. The number of rotatable bonds is 3. The Hall–Kier alpha value is -0.500. The second-order valence-electron chi connectivity index (χ2n) is 1.74. The number of hydrogen-bond donors (Lipinski definition) is 2. The van der Waals surface area contributed by atoms with Gasteiger partial charge in [0.1, 0.15) is 0 Å². The van der Waals surface area contributed by atoms with Crippen molar-refractivity contribution in [2.45, 2.75) is 20.3 Å². The molecule has 0 saturated carbocycles. The SMILES string of the molecule is CC/C(C)=C\NNC. The normalized spacial score (nSPS) is 11.6. The molecule has 0 spiro atoms. The molecule has 0 aliphatic heterocycles. The molecule has 0 bridgehead atoms. The zero-order valence-electron chi connectivity index (χ0n) is 5.78. The molecule has 0 rings (SSSR count). The zero-order chi connectivity index (χ0) is 6.41. The lowest BCUT2D eigenvalue weighted by Crippen LogP contribution is -2.21. The molecule has 0 saturated heterocycles. The van der Waals surface area contributed by atoms with Gasteiger partial charge in [-0.25, -0.2) is 5.43 Å². The first-order valence-corrected chi connectivity index (χ1v) is 2.89. The predicted octanol–water partition coefficient (Wildman–Crippen LogP) is 1.02. The maximum absolute atomic E-state index is 2.89. The lowest BCUT2D eigenvalue weighted by atomic mass is 10.3. The third kappa shape index (κ3) is 3.68. The van der Waals surface area contributed by atoms with Crippen molar-refractivity contribution in [1.29, 1.82) is 0 Å². The fourth-order valence-corrected chi connectivity index (χ4v) is 0.297. The van der Waals surface area contributed by atoms with E-state index in [-0.39, 0.29) is 0 Å². The second kappa shape index (κ2) is 4.65. The predicted molar refractivity (Wildman–Crippen MR) is 36.2 cm³/mol. The molecule has 0 unspecified atom stereocenters. The molecular formula is C6H14N2. The van der Waals surface area contributed by atoms with Gasteiger partial charge in [-0.1, -0.05) is 12.5 Å². The van der Waals surface area contributed by atoms with E-state index in [1.165, 1.54) is 5.57 Å². The number of nitrogens with one attached hydrogen (secondary N) is 2. The first-order chi connectivity index (χ1) is 3.81. The lowest BCUT2D eigenvalue weighted by molar-refractivity contribution is 0.722. The first kappa shape index (κ1) is 7.50. The average Bonchev–Trinajstić information content (AvgIpc) is 1.83. The van der Waals surface area contributed by atoms with Crippen LogP contribution >= 0.6 is 0 Å². The summed E-state index contributed by atoms with van der Waals surface area (Å²) in [5.41, 5.74) is 7.04. The summed E-state index contributed by atoms with van der Waals surface area (Å²) in [6.07, 6.45) is 3.06. The van der Waals surface area contributed by atoms with E-state index >= 15 is 0 Å². The van der Waals surface area contributed by atoms with Gasteiger partial charge in [0.15, 0.2) is 0 Å². The van der Waals surface area contributed by atoms with Crippen LogP contribution in [-0.4, -0.2) is 7.05 Å². The minimum absolute atomic E-state index is 1.11. The van der Waals surface area contributed by atoms with Crippen LogP contribution in [0.25, 0.3) is 0 Å². The monoisotopic (exact) mass is 114 g/mol. The Morgan fingerprint density at radius 2 is 2.25 bits per heavy atom. The Balaban J connectivity index is 3.26. The lowest BCUT2D eigenvalue weighted by Gasteiger charge is -1.96. The van der Waals surface area contributed by atoms with Crippen LogP contribution in [0, 0.1) is 0 Å². The maximum atomic E-state index is 2.89. The summed E-state index contributed by atoms with van der Waals surface area (Å²) in [6.45, 7) is 4.22. The fraction of sp³-hybridized carbons (Fsp3) is 0.667. The van der Waals surface area contributed by atoms with Crippen molar-refractivity contribution in [1.82, 2.24) is 10.9 Å². The zero-order valence-corrected chi connectivity index (χ0v) is 5.78. The minimum Gasteiger partial charge on any atom is -0.329 e. The molecule has 0 aromatic heterocycles. The highest BCUT2D eigenvalue weighted by Crippen LogP contribution is 1.93. The first-order valence-electron chi connectivity index (χ1n) is 2.89. The van der Waals surface area contributed by atoms with E-state index in [1.807, 2.05) is 13.2 Å². The molecule has 0 amide bonds. The molecule has 0 aromatic rings. The van der Waals surface area contributed by atoms with Crippen molar-refractivity contribution in [3.05, 3.63) is 11.8 Å². The highest BCUT2D eigenvalue weighted by Gasteiger charge is 1.77. The van der Waals surface area contributed by atoms with Crippen LogP contribution in [0.3, 0.4) is 0 Å². The molecule has 48 valence electrons. The van der Waals surface area contributed by atoms with Gasteiger partial charge in [0, 0.05) is 13.2 Å². The molecular weight excluding hydrogens is 100 g/mol. The van der Waals surface area contributed by atoms with Gasteiger partial charge in [0.25, 0.3) is 0 Å². The summed E-state index contributed by atoms with van der Waals surface area (Å²) in [5.74, 6) is 0. The third-order valence-corrected chi connectivity index (χ3v) is 1.02. The van der Waals surface area contributed by atoms with Gasteiger partial charge in [0.05, 0.1) is 0 Å². The topological polar surface area (TPSA) is 24.1 Å². The van der Waals surface area contributed by atoms with Gasteiger partial charge in [-0.05, 0) is 13.3 Å². The van der Waals surface area contributed by atoms with Crippen molar-refractivity contribution in [3.63, 3.8) is 0 Å². The summed E-state index contributed by atoms with van der Waals surface area (Å²) >= 11 is 0. The molecule has 2 heteroatoms. The van der Waals surface area contributed by atoms with Crippen molar-refractivity contribution in [3.8, 4) is 0 Å². The van der Waals surface area contributed by atoms with Gasteiger partial charge in [-0.2, -0.15) is 0 Å². The van der Waals surface area contributed by atoms with Gasteiger partial charge in [0.2, 0.25) is 0 Å². The van der Waals surface area contributed by atoms with Crippen LogP contribution < -0.4 is 10.9 Å². The third-order valence-electron chi connectivity index (χ3n) is 1.02. The Labute approximate surface area is 50.9 Å². The standard InChI is InChI=1S/C6H14N2/c1-4-6(2)5-8-7-3/h5,7-8H,4H2,1-3H3/b6-5-. The average molecular weight is 114 g/mol. The van der Waals surface area contributed by atoms with E-state index in [0.29, 0.717) is 0 Å². The van der Waals surface area contributed by atoms with Crippen LogP contribution in [0.15, 0.2) is 11.8 Å². The van der Waals surface area contributed by atoms with Gasteiger partial charge in [-0.15, -0.1) is 0 Å². The van der Waals surface area contributed by atoms with Gasteiger partial charge >= 0.3 is 0 Å². The van der Waals surface area contributed by atoms with Crippen LogP contribution in [-0.2, 0) is 0 Å². The molecule has 0 aliphatic carbocycles. The van der Waals surface area contributed by atoms with Gasteiger partial charge < -0.3 is 5.43 Å². The summed E-state index contributed by atoms with van der Waals surface area (Å²) in [4.78, 5) is 0. The smallest absolute Gasteiger partial charge is 0.0114 e. The highest BCUT2D eigenvalue weighted by atomic mass is 15.3. The van der Waals surface area contributed by atoms with Crippen molar-refractivity contribution >= 4 is 0 Å². The van der Waals surface area contributed by atoms with Crippen LogP contribution in [0.5, 0.6) is 0 Å². The molecule has 0 heterocycles. The van der Waals surface area contributed by atoms with Crippen LogP contribution in [0.4, 0.5) is 0 Å². The minimum atomic E-state index is 1.11. The largest absolute Gasteiger partial charge is 0.329 e. The highest BCUT2D eigenvalue weighted by molar-refractivity contribution is 4.93. The Morgan fingerprint density at radius 3 is 2.62 bits per heavy atom. The van der Waals surface area contributed by atoms with Crippen molar-refractivity contribution in [2.24, 2.45) is 0 Å². The summed E-state index contributed by atoms with van der Waals surface area (Å²) in [7, 11) is 1.85. The fourth-order valence-electron chi connectivity index (χ4n) is 0.297. The molecule has 0 aromatic carbocycles. The van der Waals surface area contributed by atoms with E-state index in [4.69, 9.17) is 0 Å². The van der Waals surface area contributed by atoms with Crippen molar-refractivity contribution < 1.29 is 0 Å². The summed E-state index contributed by atoms with van der Waals surface area (Å²) in [6, 6.07) is 0. The Bertz CT molecular complexity index is 76.6. The second-order valence-corrected chi connectivity index (χ2v) is 1.74. The quantitative estimate of drug-likeness (QED) is 0.535. The molecule has 2 nitrogen and oxygen atoms in total. The van der Waals surface area contributed by atoms with Crippen LogP contribution in [0.1, 0.15) is 20.3 Å². The summed E-state index contributed by atoms with van der Waals surface area (Å²) in [5, 5.41) is 0. The number of allylic oxidation sites excluding steroid dienone is 1. The van der Waals surface area contributed by atoms with Crippen LogP contribution in [0.2, 0.25) is 0 Å². The number of hydrogen-bond acceptors (Lipinski definition) is 2. The molecule has 0 radical (unpaired) electrons.